The third-order valence-corrected chi connectivity index (χ3v) is 2.27. The molecule has 0 aliphatic heterocycles. The highest BCUT2D eigenvalue weighted by molar-refractivity contribution is 5.77. The molecular formula is C10H7F4N. The first-order valence-corrected chi connectivity index (χ1v) is 4.26. The van der Waals surface area contributed by atoms with E-state index in [4.69, 9.17) is 0 Å². The lowest BCUT2D eigenvalue weighted by Crippen LogP contribution is -2.48. The normalized spacial score (nSPS) is 21.8. The molecule has 0 unspecified atom stereocenters. The third-order valence-electron chi connectivity index (χ3n) is 2.27. The van der Waals surface area contributed by atoms with Gasteiger partial charge < -0.3 is 0 Å². The lowest BCUT2D eigenvalue weighted by Gasteiger charge is -2.34. The molecule has 0 saturated carbocycles. The van der Waals surface area contributed by atoms with E-state index in [0.29, 0.717) is 5.56 Å². The van der Waals surface area contributed by atoms with Crippen molar-refractivity contribution in [2.75, 3.05) is 0 Å². The summed E-state index contributed by atoms with van der Waals surface area (Å²) >= 11 is 0. The minimum absolute atomic E-state index is 0.0917. The molecule has 1 aliphatic carbocycles. The summed E-state index contributed by atoms with van der Waals surface area (Å²) in [6.07, 6.45) is 1.58. The van der Waals surface area contributed by atoms with E-state index in [0.717, 1.165) is 0 Å². The van der Waals surface area contributed by atoms with Crippen molar-refractivity contribution in [3.8, 4) is 0 Å². The maximum atomic E-state index is 12.9. The Hall–Kier alpha value is -1.39. The second-order valence-electron chi connectivity index (χ2n) is 3.47. The van der Waals surface area contributed by atoms with E-state index in [1.165, 1.54) is 12.3 Å². The monoisotopic (exact) mass is 217 g/mol. The minimum Gasteiger partial charge on any atom is -0.256 e. The molecule has 0 radical (unpaired) electrons. The number of halogens is 4. The van der Waals surface area contributed by atoms with Crippen LogP contribution in [0.3, 0.4) is 0 Å². The Bertz CT molecular complexity index is 437. The molecule has 0 fully saturated rings. The minimum atomic E-state index is -4.10. The van der Waals surface area contributed by atoms with Gasteiger partial charge in [-0.3, -0.25) is 4.98 Å². The molecule has 15 heavy (non-hydrogen) atoms. The lowest BCUT2D eigenvalue weighted by molar-refractivity contribution is -0.159. The Morgan fingerprint density at radius 2 is 1.87 bits per heavy atom. The first-order chi connectivity index (χ1) is 6.84. The lowest BCUT2D eigenvalue weighted by atomic mass is 9.86. The van der Waals surface area contributed by atoms with Crippen LogP contribution in [0.15, 0.2) is 24.4 Å². The van der Waals surface area contributed by atoms with E-state index < -0.39 is 17.4 Å². The average molecular weight is 217 g/mol. The van der Waals surface area contributed by atoms with Crippen LogP contribution in [0.4, 0.5) is 17.6 Å². The molecule has 1 heterocycles. The molecule has 2 rings (SSSR count). The Labute approximate surface area is 83.4 Å². The molecule has 0 atom stereocenters. The number of pyridine rings is 1. The van der Waals surface area contributed by atoms with Crippen molar-refractivity contribution >= 4 is 5.57 Å². The van der Waals surface area contributed by atoms with E-state index in [1.807, 2.05) is 0 Å². The summed E-state index contributed by atoms with van der Waals surface area (Å²) < 4.78 is 50.9. The molecule has 1 aromatic heterocycles. The summed E-state index contributed by atoms with van der Waals surface area (Å²) in [5.74, 6) is -8.15. The second kappa shape index (κ2) is 2.81. The third kappa shape index (κ3) is 1.33. The van der Waals surface area contributed by atoms with Crippen molar-refractivity contribution in [3.05, 3.63) is 35.7 Å². The van der Waals surface area contributed by atoms with E-state index in [-0.39, 0.29) is 11.8 Å². The number of aromatic nitrogens is 1. The largest absolute Gasteiger partial charge is 0.341 e. The summed E-state index contributed by atoms with van der Waals surface area (Å²) in [6.45, 7) is 1.68. The van der Waals surface area contributed by atoms with E-state index in [2.05, 4.69) is 4.98 Å². The number of rotatable bonds is 1. The van der Waals surface area contributed by atoms with Crippen LogP contribution in [0.5, 0.6) is 0 Å². The SMILES string of the molecule is Cc1ccnc(C2=CC(F)(F)C2(F)F)c1. The van der Waals surface area contributed by atoms with Gasteiger partial charge in [0.15, 0.2) is 0 Å². The summed E-state index contributed by atoms with van der Waals surface area (Å²) in [4.78, 5) is 3.64. The highest BCUT2D eigenvalue weighted by Crippen LogP contribution is 2.53. The highest BCUT2D eigenvalue weighted by Gasteiger charge is 2.65. The average Bonchev–Trinajstić information content (AvgIpc) is 2.14. The molecule has 80 valence electrons. The van der Waals surface area contributed by atoms with Crippen LogP contribution >= 0.6 is 0 Å². The van der Waals surface area contributed by atoms with Gasteiger partial charge in [0.05, 0.1) is 11.3 Å². The molecule has 1 aromatic rings. The maximum Gasteiger partial charge on any atom is 0.341 e. The van der Waals surface area contributed by atoms with Gasteiger partial charge >= 0.3 is 11.8 Å². The topological polar surface area (TPSA) is 12.9 Å². The zero-order valence-electron chi connectivity index (χ0n) is 7.77. The van der Waals surface area contributed by atoms with E-state index in [1.54, 1.807) is 13.0 Å². The molecule has 0 amide bonds. The number of allylic oxidation sites excluding steroid dienone is 2. The van der Waals surface area contributed by atoms with E-state index >= 15 is 0 Å². The zero-order chi connectivity index (χ0) is 11.3. The molecule has 0 saturated heterocycles. The quantitative estimate of drug-likeness (QED) is 0.659. The molecule has 1 aliphatic rings. The summed E-state index contributed by atoms with van der Waals surface area (Å²) in [5.41, 5.74) is -0.0889. The Morgan fingerprint density at radius 3 is 2.33 bits per heavy atom. The first-order valence-electron chi connectivity index (χ1n) is 4.26. The van der Waals surface area contributed by atoms with Crippen LogP contribution in [0.1, 0.15) is 11.3 Å². The summed E-state index contributed by atoms with van der Waals surface area (Å²) in [7, 11) is 0. The van der Waals surface area contributed by atoms with Gasteiger partial charge in [-0.25, -0.2) is 0 Å². The molecule has 5 heteroatoms. The van der Waals surface area contributed by atoms with Crippen LogP contribution < -0.4 is 0 Å². The van der Waals surface area contributed by atoms with Crippen molar-refractivity contribution in [1.82, 2.24) is 4.98 Å². The van der Waals surface area contributed by atoms with Crippen molar-refractivity contribution in [3.63, 3.8) is 0 Å². The molecule has 0 bridgehead atoms. The van der Waals surface area contributed by atoms with Gasteiger partial charge in [-0.2, -0.15) is 17.6 Å². The summed E-state index contributed by atoms with van der Waals surface area (Å²) in [5, 5.41) is 0. The van der Waals surface area contributed by atoms with Crippen molar-refractivity contribution in [2.45, 2.75) is 18.8 Å². The van der Waals surface area contributed by atoms with Gasteiger partial charge in [0.2, 0.25) is 0 Å². The maximum absolute atomic E-state index is 12.9. The van der Waals surface area contributed by atoms with E-state index in [9.17, 15) is 17.6 Å². The van der Waals surface area contributed by atoms with Gasteiger partial charge in [0, 0.05) is 12.3 Å². The van der Waals surface area contributed by atoms with Gasteiger partial charge in [-0.05, 0) is 24.6 Å². The van der Waals surface area contributed by atoms with Crippen LogP contribution in [-0.4, -0.2) is 16.8 Å². The molecule has 0 spiro atoms. The van der Waals surface area contributed by atoms with Gasteiger partial charge in [-0.1, -0.05) is 0 Å². The van der Waals surface area contributed by atoms with Crippen LogP contribution in [0.25, 0.3) is 5.57 Å². The fourth-order valence-corrected chi connectivity index (χ4v) is 1.38. The predicted octanol–water partition coefficient (Wildman–Crippen LogP) is 3.06. The molecule has 0 aromatic carbocycles. The second-order valence-corrected chi connectivity index (χ2v) is 3.47. The highest BCUT2D eigenvalue weighted by atomic mass is 19.3. The number of nitrogens with zero attached hydrogens (tertiary/aromatic N) is 1. The molecule has 1 nitrogen and oxygen atoms in total. The number of aryl methyl sites for hydroxylation is 1. The zero-order valence-corrected chi connectivity index (χ0v) is 7.77. The van der Waals surface area contributed by atoms with Gasteiger partial charge in [0.1, 0.15) is 0 Å². The Morgan fingerprint density at radius 1 is 1.20 bits per heavy atom. The number of alkyl halides is 4. The first kappa shape index (κ1) is 10.1. The van der Waals surface area contributed by atoms with Crippen LogP contribution in [0, 0.1) is 6.92 Å². The predicted molar refractivity (Wildman–Crippen MR) is 46.8 cm³/mol. The van der Waals surface area contributed by atoms with Gasteiger partial charge in [-0.15, -0.1) is 0 Å². The van der Waals surface area contributed by atoms with Crippen LogP contribution in [0.2, 0.25) is 0 Å². The molecular weight excluding hydrogens is 210 g/mol. The van der Waals surface area contributed by atoms with Crippen LogP contribution in [-0.2, 0) is 0 Å². The van der Waals surface area contributed by atoms with Crippen molar-refractivity contribution in [2.24, 2.45) is 0 Å². The standard InChI is InChI=1S/C10H7F4N/c1-6-2-3-15-8(4-6)7-5-9(11,12)10(7,13)14/h2-5H,1H3. The fourth-order valence-electron chi connectivity index (χ4n) is 1.38. The Balaban J connectivity index is 2.44. The summed E-state index contributed by atoms with van der Waals surface area (Å²) in [6, 6.07) is 2.97. The number of hydrogen-bond acceptors (Lipinski definition) is 1. The molecule has 0 N–H and O–H groups in total. The van der Waals surface area contributed by atoms with Crippen molar-refractivity contribution in [1.29, 1.82) is 0 Å². The van der Waals surface area contributed by atoms with Gasteiger partial charge in [0.25, 0.3) is 0 Å². The number of hydrogen-bond donors (Lipinski definition) is 0. The Kier molecular flexibility index (Phi) is 1.90. The fraction of sp³-hybridized carbons (Fsp3) is 0.300. The van der Waals surface area contributed by atoms with Crippen molar-refractivity contribution < 1.29 is 17.6 Å². The smallest absolute Gasteiger partial charge is 0.256 e.